The summed E-state index contributed by atoms with van der Waals surface area (Å²) in [5.41, 5.74) is 6.03. The summed E-state index contributed by atoms with van der Waals surface area (Å²) in [5.74, 6) is 0.712. The fraction of sp³-hybridized carbons (Fsp3) is 0.261. The Kier molecular flexibility index (Phi) is 6.36. The van der Waals surface area contributed by atoms with Crippen LogP contribution in [0.4, 0.5) is 11.5 Å². The molecular formula is C23H23BrN4O3. The summed E-state index contributed by atoms with van der Waals surface area (Å²) in [6.45, 7) is 1.31. The average Bonchev–Trinajstić information content (AvgIpc) is 2.78. The van der Waals surface area contributed by atoms with E-state index in [0.29, 0.717) is 18.0 Å². The number of nitrogens with two attached hydrogens (primary N) is 1. The topological polar surface area (TPSA) is 97.6 Å². The Morgan fingerprint density at radius 2 is 1.97 bits per heavy atom. The van der Waals surface area contributed by atoms with E-state index >= 15 is 0 Å². The molecule has 3 N–H and O–H groups in total. The van der Waals surface area contributed by atoms with Gasteiger partial charge < -0.3 is 20.7 Å². The van der Waals surface area contributed by atoms with Gasteiger partial charge in [0.2, 0.25) is 5.91 Å². The van der Waals surface area contributed by atoms with Crippen molar-refractivity contribution in [2.24, 2.45) is 11.7 Å². The number of fused-ring (bicyclic) bond motifs is 1. The number of primary amides is 1. The SMILES string of the molecule is NC(=O)C1CCCN(c2ccc(NC(=O)COc3ccc4cc(Br)ccc4c3)cn2)C1. The van der Waals surface area contributed by atoms with Crippen LogP contribution in [0.15, 0.2) is 59.2 Å². The van der Waals surface area contributed by atoms with Gasteiger partial charge >= 0.3 is 0 Å². The molecule has 8 heteroatoms. The molecular weight excluding hydrogens is 460 g/mol. The molecule has 4 rings (SSSR count). The molecule has 1 unspecified atom stereocenters. The van der Waals surface area contributed by atoms with Crippen LogP contribution in [0.2, 0.25) is 0 Å². The maximum atomic E-state index is 12.3. The number of nitrogens with one attached hydrogen (secondary N) is 1. The number of carbonyl (C=O) groups is 2. The first-order valence-corrected chi connectivity index (χ1v) is 10.9. The molecule has 1 saturated heterocycles. The number of amides is 2. The van der Waals surface area contributed by atoms with E-state index in [2.05, 4.69) is 26.2 Å². The van der Waals surface area contributed by atoms with Crippen molar-refractivity contribution in [1.29, 1.82) is 0 Å². The van der Waals surface area contributed by atoms with Gasteiger partial charge in [0.15, 0.2) is 6.61 Å². The number of hydrogen-bond donors (Lipinski definition) is 2. The van der Waals surface area contributed by atoms with Crippen molar-refractivity contribution in [2.75, 3.05) is 29.9 Å². The predicted molar refractivity (Wildman–Crippen MR) is 124 cm³/mol. The molecule has 0 spiro atoms. The summed E-state index contributed by atoms with van der Waals surface area (Å²) in [6.07, 6.45) is 3.32. The van der Waals surface area contributed by atoms with Crippen LogP contribution in [0, 0.1) is 5.92 Å². The normalized spacial score (nSPS) is 16.2. The molecule has 1 fully saturated rings. The molecule has 0 bridgehead atoms. The second-order valence-corrected chi connectivity index (χ2v) is 8.50. The maximum Gasteiger partial charge on any atom is 0.262 e. The first kappa shape index (κ1) is 21.1. The van der Waals surface area contributed by atoms with Crippen LogP contribution in [0.5, 0.6) is 5.75 Å². The minimum Gasteiger partial charge on any atom is -0.484 e. The van der Waals surface area contributed by atoms with E-state index in [9.17, 15) is 9.59 Å². The van der Waals surface area contributed by atoms with Gasteiger partial charge in [-0.05, 0) is 60.0 Å². The monoisotopic (exact) mass is 482 g/mol. The summed E-state index contributed by atoms with van der Waals surface area (Å²) in [7, 11) is 0. The number of halogens is 1. The van der Waals surface area contributed by atoms with Crippen LogP contribution in [-0.4, -0.2) is 36.5 Å². The molecule has 1 atom stereocenters. The Morgan fingerprint density at radius 1 is 1.16 bits per heavy atom. The van der Waals surface area contributed by atoms with Crippen molar-refractivity contribution in [3.8, 4) is 5.75 Å². The lowest BCUT2D eigenvalue weighted by atomic mass is 9.97. The minimum absolute atomic E-state index is 0.101. The Morgan fingerprint density at radius 3 is 2.74 bits per heavy atom. The standard InChI is InChI=1S/C23H23BrN4O3/c24-18-5-3-16-11-20(7-4-15(16)10-18)31-14-22(29)27-19-6-8-21(26-12-19)28-9-1-2-17(13-28)23(25)30/h3-8,10-12,17H,1-2,9,13-14H2,(H2,25,30)(H,27,29). The number of ether oxygens (including phenoxy) is 1. The quantitative estimate of drug-likeness (QED) is 0.557. The zero-order valence-corrected chi connectivity index (χ0v) is 18.5. The van der Waals surface area contributed by atoms with E-state index in [4.69, 9.17) is 10.5 Å². The molecule has 0 radical (unpaired) electrons. The highest BCUT2D eigenvalue weighted by atomic mass is 79.9. The van der Waals surface area contributed by atoms with E-state index in [0.717, 1.165) is 40.4 Å². The summed E-state index contributed by atoms with van der Waals surface area (Å²) in [6, 6.07) is 15.3. The van der Waals surface area contributed by atoms with Gasteiger partial charge in [-0.1, -0.05) is 28.1 Å². The predicted octanol–water partition coefficient (Wildman–Crippen LogP) is 3.72. The molecule has 0 aliphatic carbocycles. The zero-order chi connectivity index (χ0) is 21.8. The number of anilines is 2. The van der Waals surface area contributed by atoms with E-state index in [1.165, 1.54) is 0 Å². The van der Waals surface area contributed by atoms with Crippen molar-refractivity contribution in [3.05, 3.63) is 59.2 Å². The lowest BCUT2D eigenvalue weighted by Crippen LogP contribution is -2.41. The third-order valence-electron chi connectivity index (χ3n) is 5.32. The second kappa shape index (κ2) is 9.34. The van der Waals surface area contributed by atoms with E-state index < -0.39 is 0 Å². The fourth-order valence-electron chi connectivity index (χ4n) is 3.69. The first-order chi connectivity index (χ1) is 15.0. The van der Waals surface area contributed by atoms with Crippen molar-refractivity contribution >= 4 is 50.0 Å². The smallest absolute Gasteiger partial charge is 0.262 e. The van der Waals surface area contributed by atoms with Gasteiger partial charge in [-0.25, -0.2) is 4.98 Å². The molecule has 1 aliphatic rings. The number of aromatic nitrogens is 1. The third-order valence-corrected chi connectivity index (χ3v) is 5.82. The molecule has 2 amide bonds. The average molecular weight is 483 g/mol. The zero-order valence-electron chi connectivity index (χ0n) is 16.9. The van der Waals surface area contributed by atoms with Crippen molar-refractivity contribution in [1.82, 2.24) is 4.98 Å². The molecule has 1 aromatic heterocycles. The van der Waals surface area contributed by atoms with Crippen LogP contribution >= 0.6 is 15.9 Å². The lowest BCUT2D eigenvalue weighted by Gasteiger charge is -2.32. The maximum absolute atomic E-state index is 12.3. The largest absolute Gasteiger partial charge is 0.484 e. The van der Waals surface area contributed by atoms with Crippen LogP contribution in [-0.2, 0) is 9.59 Å². The highest BCUT2D eigenvalue weighted by molar-refractivity contribution is 9.10. The van der Waals surface area contributed by atoms with Crippen molar-refractivity contribution < 1.29 is 14.3 Å². The van der Waals surface area contributed by atoms with Crippen molar-refractivity contribution in [2.45, 2.75) is 12.8 Å². The van der Waals surface area contributed by atoms with Crippen LogP contribution in [0.3, 0.4) is 0 Å². The molecule has 31 heavy (non-hydrogen) atoms. The summed E-state index contributed by atoms with van der Waals surface area (Å²) in [5, 5.41) is 4.92. The lowest BCUT2D eigenvalue weighted by molar-refractivity contribution is -0.122. The minimum atomic E-state index is -0.270. The highest BCUT2D eigenvalue weighted by Gasteiger charge is 2.24. The number of pyridine rings is 1. The van der Waals surface area contributed by atoms with E-state index in [-0.39, 0.29) is 24.3 Å². The van der Waals surface area contributed by atoms with Gasteiger partial charge in [-0.2, -0.15) is 0 Å². The van der Waals surface area contributed by atoms with Crippen molar-refractivity contribution in [3.63, 3.8) is 0 Å². The van der Waals surface area contributed by atoms with Gasteiger partial charge in [-0.3, -0.25) is 9.59 Å². The summed E-state index contributed by atoms with van der Waals surface area (Å²) in [4.78, 5) is 30.2. The number of rotatable bonds is 6. The fourth-order valence-corrected chi connectivity index (χ4v) is 4.07. The van der Waals surface area contributed by atoms with Gasteiger partial charge in [0, 0.05) is 17.6 Å². The van der Waals surface area contributed by atoms with Gasteiger partial charge in [0.25, 0.3) is 5.91 Å². The number of piperidine rings is 1. The molecule has 1 aliphatic heterocycles. The number of carbonyl (C=O) groups excluding carboxylic acids is 2. The number of benzene rings is 2. The van der Waals surface area contributed by atoms with Gasteiger partial charge in [-0.15, -0.1) is 0 Å². The molecule has 160 valence electrons. The molecule has 0 saturated carbocycles. The van der Waals surface area contributed by atoms with E-state index in [1.54, 1.807) is 12.3 Å². The number of hydrogen-bond acceptors (Lipinski definition) is 5. The van der Waals surface area contributed by atoms with Crippen LogP contribution in [0.25, 0.3) is 10.8 Å². The molecule has 2 heterocycles. The van der Waals surface area contributed by atoms with Crippen LogP contribution < -0.4 is 20.7 Å². The third kappa shape index (κ3) is 5.32. The Bertz CT molecular complexity index is 1100. The Labute approximate surface area is 188 Å². The Hall–Kier alpha value is -3.13. The number of nitrogens with zero attached hydrogens (tertiary/aromatic N) is 2. The molecule has 3 aromatic rings. The van der Waals surface area contributed by atoms with Gasteiger partial charge in [0.05, 0.1) is 17.8 Å². The van der Waals surface area contributed by atoms with Crippen LogP contribution in [0.1, 0.15) is 12.8 Å². The molecule has 7 nitrogen and oxygen atoms in total. The first-order valence-electron chi connectivity index (χ1n) is 10.1. The molecule has 2 aromatic carbocycles. The van der Waals surface area contributed by atoms with E-state index in [1.807, 2.05) is 47.4 Å². The van der Waals surface area contributed by atoms with Gasteiger partial charge in [0.1, 0.15) is 11.6 Å². The summed E-state index contributed by atoms with van der Waals surface area (Å²) >= 11 is 3.46. The Balaban J connectivity index is 1.31. The second-order valence-electron chi connectivity index (χ2n) is 7.58. The summed E-state index contributed by atoms with van der Waals surface area (Å²) < 4.78 is 6.65. The highest BCUT2D eigenvalue weighted by Crippen LogP contribution is 2.25.